The molecule has 4 heteroatoms. The summed E-state index contributed by atoms with van der Waals surface area (Å²) in [7, 11) is 0. The van der Waals surface area contributed by atoms with Gasteiger partial charge in [-0.05, 0) is 45.4 Å². The Labute approximate surface area is 128 Å². The fraction of sp³-hybridized carbons (Fsp3) is 0.941. The molecule has 0 spiro atoms. The lowest BCUT2D eigenvalue weighted by molar-refractivity contribution is -0.150. The van der Waals surface area contributed by atoms with E-state index in [4.69, 9.17) is 4.74 Å². The summed E-state index contributed by atoms with van der Waals surface area (Å²) in [6.45, 7) is 7.44. The summed E-state index contributed by atoms with van der Waals surface area (Å²) < 4.78 is 6.02. The van der Waals surface area contributed by atoms with Crippen molar-refractivity contribution in [3.05, 3.63) is 0 Å². The van der Waals surface area contributed by atoms with E-state index in [1.807, 2.05) is 18.7 Å². The summed E-state index contributed by atoms with van der Waals surface area (Å²) in [5, 5.41) is 9.74. The molecule has 2 fully saturated rings. The number of aliphatic hydroxyl groups is 1. The third-order valence-corrected chi connectivity index (χ3v) is 5.08. The number of carbonyl (C=O) groups excluding carboxylic acids is 1. The Morgan fingerprint density at radius 3 is 2.67 bits per heavy atom. The van der Waals surface area contributed by atoms with Crippen LogP contribution in [0.15, 0.2) is 0 Å². The van der Waals surface area contributed by atoms with E-state index in [0.29, 0.717) is 12.5 Å². The number of rotatable bonds is 4. The summed E-state index contributed by atoms with van der Waals surface area (Å²) in [5.41, 5.74) is 0. The van der Waals surface area contributed by atoms with Gasteiger partial charge in [0.1, 0.15) is 6.10 Å². The Kier molecular flexibility index (Phi) is 6.06. The van der Waals surface area contributed by atoms with Gasteiger partial charge >= 0.3 is 0 Å². The molecule has 122 valence electrons. The number of hydrogen-bond acceptors (Lipinski definition) is 3. The first kappa shape index (κ1) is 16.8. The molecule has 4 nitrogen and oxygen atoms in total. The standard InChI is InChI=1S/C17H31NO3/c1-12-6-4-8-16(10-12)21-14(3)17(20)18-9-5-7-15(11-18)13(2)19/h12-16,19H,4-11H2,1-3H3. The third-order valence-electron chi connectivity index (χ3n) is 5.08. The number of nitrogens with zero attached hydrogens (tertiary/aromatic N) is 1. The quantitative estimate of drug-likeness (QED) is 0.867. The number of amides is 1. The first-order chi connectivity index (χ1) is 9.97. The van der Waals surface area contributed by atoms with Gasteiger partial charge in [0.25, 0.3) is 5.91 Å². The van der Waals surface area contributed by atoms with Crippen LogP contribution in [0.1, 0.15) is 59.3 Å². The number of likely N-dealkylation sites (tertiary alicyclic amines) is 1. The lowest BCUT2D eigenvalue weighted by atomic mass is 9.88. The van der Waals surface area contributed by atoms with Gasteiger partial charge in [0.15, 0.2) is 0 Å². The van der Waals surface area contributed by atoms with Crippen molar-refractivity contribution >= 4 is 5.91 Å². The van der Waals surface area contributed by atoms with E-state index < -0.39 is 0 Å². The summed E-state index contributed by atoms with van der Waals surface area (Å²) in [6.07, 6.45) is 6.19. The van der Waals surface area contributed by atoms with Crippen molar-refractivity contribution in [2.45, 2.75) is 77.6 Å². The number of aliphatic hydroxyl groups excluding tert-OH is 1. The van der Waals surface area contributed by atoms with E-state index in [2.05, 4.69) is 6.92 Å². The van der Waals surface area contributed by atoms with Gasteiger partial charge in [-0.3, -0.25) is 4.79 Å². The summed E-state index contributed by atoms with van der Waals surface area (Å²) in [5.74, 6) is 1.02. The zero-order valence-electron chi connectivity index (χ0n) is 13.8. The number of carbonyl (C=O) groups is 1. The highest BCUT2D eigenvalue weighted by molar-refractivity contribution is 5.80. The van der Waals surface area contributed by atoms with Gasteiger partial charge in [0, 0.05) is 19.0 Å². The van der Waals surface area contributed by atoms with Crippen LogP contribution in [0.4, 0.5) is 0 Å². The van der Waals surface area contributed by atoms with E-state index in [1.165, 1.54) is 12.8 Å². The van der Waals surface area contributed by atoms with Crippen LogP contribution in [0.2, 0.25) is 0 Å². The van der Waals surface area contributed by atoms with Crippen LogP contribution < -0.4 is 0 Å². The highest BCUT2D eigenvalue weighted by atomic mass is 16.5. The fourth-order valence-corrected chi connectivity index (χ4v) is 3.71. The van der Waals surface area contributed by atoms with Crippen LogP contribution in [-0.2, 0) is 9.53 Å². The molecule has 21 heavy (non-hydrogen) atoms. The third kappa shape index (κ3) is 4.68. The Morgan fingerprint density at radius 2 is 2.00 bits per heavy atom. The van der Waals surface area contributed by atoms with Gasteiger partial charge in [-0.1, -0.05) is 19.8 Å². The Bertz CT molecular complexity index is 345. The van der Waals surface area contributed by atoms with Gasteiger partial charge in [-0.2, -0.15) is 0 Å². The van der Waals surface area contributed by atoms with Crippen molar-refractivity contribution in [2.75, 3.05) is 13.1 Å². The summed E-state index contributed by atoms with van der Waals surface area (Å²) >= 11 is 0. The van der Waals surface area contributed by atoms with Gasteiger partial charge in [-0.25, -0.2) is 0 Å². The molecule has 2 aliphatic rings. The molecule has 1 aliphatic heterocycles. The van der Waals surface area contributed by atoms with Gasteiger partial charge in [-0.15, -0.1) is 0 Å². The Balaban J connectivity index is 1.83. The van der Waals surface area contributed by atoms with E-state index in [9.17, 15) is 9.90 Å². The molecule has 1 N–H and O–H groups in total. The molecule has 0 aromatic heterocycles. The maximum atomic E-state index is 12.5. The van der Waals surface area contributed by atoms with Crippen LogP contribution in [0.25, 0.3) is 0 Å². The van der Waals surface area contributed by atoms with Crippen molar-refractivity contribution in [3.8, 4) is 0 Å². The normalized spacial score (nSPS) is 33.5. The monoisotopic (exact) mass is 297 g/mol. The molecule has 0 bridgehead atoms. The highest BCUT2D eigenvalue weighted by Gasteiger charge is 2.31. The second-order valence-corrected chi connectivity index (χ2v) is 7.10. The molecule has 0 radical (unpaired) electrons. The molecule has 0 aromatic rings. The Hall–Kier alpha value is -0.610. The summed E-state index contributed by atoms with van der Waals surface area (Å²) in [4.78, 5) is 14.4. The zero-order valence-corrected chi connectivity index (χ0v) is 13.8. The second-order valence-electron chi connectivity index (χ2n) is 7.10. The molecule has 2 rings (SSSR count). The van der Waals surface area contributed by atoms with Gasteiger partial charge < -0.3 is 14.7 Å². The van der Waals surface area contributed by atoms with Gasteiger partial charge in [0.2, 0.25) is 0 Å². The Morgan fingerprint density at radius 1 is 1.24 bits per heavy atom. The topological polar surface area (TPSA) is 49.8 Å². The molecular formula is C17H31NO3. The SMILES string of the molecule is CC1CCCC(OC(C)C(=O)N2CCCC(C(C)O)C2)C1. The molecular weight excluding hydrogens is 266 g/mol. The molecule has 1 heterocycles. The van der Waals surface area contributed by atoms with Crippen LogP contribution >= 0.6 is 0 Å². The molecule has 1 aliphatic carbocycles. The van der Waals surface area contributed by atoms with Crippen LogP contribution in [0.3, 0.4) is 0 Å². The smallest absolute Gasteiger partial charge is 0.251 e. The predicted octanol–water partition coefficient (Wildman–Crippen LogP) is 2.59. The van der Waals surface area contributed by atoms with Crippen LogP contribution in [0, 0.1) is 11.8 Å². The maximum Gasteiger partial charge on any atom is 0.251 e. The van der Waals surface area contributed by atoms with Crippen LogP contribution in [0.5, 0.6) is 0 Å². The minimum atomic E-state index is -0.354. The minimum absolute atomic E-state index is 0.0959. The number of ether oxygens (including phenoxy) is 1. The van der Waals surface area contributed by atoms with E-state index in [1.54, 1.807) is 0 Å². The molecule has 5 atom stereocenters. The van der Waals surface area contributed by atoms with Crippen LogP contribution in [-0.4, -0.2) is 47.3 Å². The van der Waals surface area contributed by atoms with Crippen molar-refractivity contribution in [3.63, 3.8) is 0 Å². The van der Waals surface area contributed by atoms with Crippen molar-refractivity contribution in [1.29, 1.82) is 0 Å². The molecule has 1 saturated heterocycles. The zero-order chi connectivity index (χ0) is 15.4. The van der Waals surface area contributed by atoms with Crippen molar-refractivity contribution in [2.24, 2.45) is 11.8 Å². The lowest BCUT2D eigenvalue weighted by Crippen LogP contribution is -2.47. The largest absolute Gasteiger partial charge is 0.393 e. The van der Waals surface area contributed by atoms with Crippen molar-refractivity contribution < 1.29 is 14.6 Å². The van der Waals surface area contributed by atoms with E-state index in [-0.39, 0.29) is 30.1 Å². The van der Waals surface area contributed by atoms with E-state index >= 15 is 0 Å². The first-order valence-electron chi connectivity index (χ1n) is 8.59. The second kappa shape index (κ2) is 7.59. The minimum Gasteiger partial charge on any atom is -0.393 e. The van der Waals surface area contributed by atoms with Gasteiger partial charge in [0.05, 0.1) is 12.2 Å². The molecule has 0 aromatic carbocycles. The molecule has 5 unspecified atom stereocenters. The molecule has 1 saturated carbocycles. The number of hydrogen-bond donors (Lipinski definition) is 1. The lowest BCUT2D eigenvalue weighted by Gasteiger charge is -2.36. The maximum absolute atomic E-state index is 12.5. The van der Waals surface area contributed by atoms with E-state index in [0.717, 1.165) is 32.2 Å². The average Bonchev–Trinajstić information content (AvgIpc) is 2.46. The predicted molar refractivity (Wildman–Crippen MR) is 83.0 cm³/mol. The average molecular weight is 297 g/mol. The molecule has 1 amide bonds. The van der Waals surface area contributed by atoms with Crippen molar-refractivity contribution in [1.82, 2.24) is 4.90 Å². The first-order valence-corrected chi connectivity index (χ1v) is 8.59. The fourth-order valence-electron chi connectivity index (χ4n) is 3.71. The highest BCUT2D eigenvalue weighted by Crippen LogP contribution is 2.27. The summed E-state index contributed by atoms with van der Waals surface area (Å²) in [6, 6.07) is 0. The number of piperidine rings is 1.